The number of phenolic OH excluding ortho intramolecular Hbond substituents is 1. The van der Waals surface area contributed by atoms with Gasteiger partial charge in [0.05, 0.1) is 44.1 Å². The van der Waals surface area contributed by atoms with Crippen molar-refractivity contribution in [3.8, 4) is 5.75 Å². The number of rotatable bonds is 3. The highest BCUT2D eigenvalue weighted by Gasteiger charge is 2.36. The van der Waals surface area contributed by atoms with Gasteiger partial charge in [-0.3, -0.25) is 19.8 Å². The number of phenols is 1. The average Bonchev–Trinajstić information content (AvgIpc) is 2.99. The number of nitrogens with one attached hydrogen (secondary N) is 2. The van der Waals surface area contributed by atoms with Crippen molar-refractivity contribution in [2.24, 2.45) is 0 Å². The summed E-state index contributed by atoms with van der Waals surface area (Å²) in [5.74, 6) is 0.119. The van der Waals surface area contributed by atoms with Gasteiger partial charge in [-0.05, 0) is 25.5 Å². The summed E-state index contributed by atoms with van der Waals surface area (Å²) >= 11 is 0. The zero-order valence-electron chi connectivity index (χ0n) is 15.5. The Morgan fingerprint density at radius 1 is 1.30 bits per heavy atom. The summed E-state index contributed by atoms with van der Waals surface area (Å²) < 4.78 is 5.38. The van der Waals surface area contributed by atoms with E-state index in [2.05, 4.69) is 15.5 Å². The van der Waals surface area contributed by atoms with Gasteiger partial charge in [0, 0.05) is 24.7 Å². The van der Waals surface area contributed by atoms with Crippen LogP contribution in [0, 0.1) is 0 Å². The van der Waals surface area contributed by atoms with E-state index in [9.17, 15) is 14.7 Å². The summed E-state index contributed by atoms with van der Waals surface area (Å²) in [6.07, 6.45) is 0.704. The third-order valence-electron chi connectivity index (χ3n) is 5.57. The third-order valence-corrected chi connectivity index (χ3v) is 5.57. The first-order valence-corrected chi connectivity index (χ1v) is 9.53. The second-order valence-corrected chi connectivity index (χ2v) is 7.45. The molecule has 4 rings (SSSR count). The number of anilines is 1. The number of hydrogen-bond acceptors (Lipinski definition) is 6. The van der Waals surface area contributed by atoms with Crippen molar-refractivity contribution in [3.63, 3.8) is 0 Å². The third kappa shape index (κ3) is 3.65. The lowest BCUT2D eigenvalue weighted by Gasteiger charge is -2.40. The molecule has 1 aromatic carbocycles. The first kappa shape index (κ1) is 18.2. The van der Waals surface area contributed by atoms with Gasteiger partial charge in [0.25, 0.3) is 0 Å². The Hall–Kier alpha value is -2.16. The largest absolute Gasteiger partial charge is 0.508 e. The van der Waals surface area contributed by atoms with Crippen molar-refractivity contribution in [1.29, 1.82) is 0 Å². The minimum Gasteiger partial charge on any atom is -0.508 e. The minimum absolute atomic E-state index is 0.0184. The molecule has 0 aliphatic carbocycles. The van der Waals surface area contributed by atoms with E-state index in [1.54, 1.807) is 17.0 Å². The molecule has 2 amide bonds. The molecular weight excluding hydrogens is 348 g/mol. The summed E-state index contributed by atoms with van der Waals surface area (Å²) in [4.78, 5) is 29.1. The lowest BCUT2D eigenvalue weighted by molar-refractivity contribution is -0.128. The number of amides is 2. The molecule has 8 nitrogen and oxygen atoms in total. The molecule has 1 aromatic rings. The van der Waals surface area contributed by atoms with Gasteiger partial charge in [0.2, 0.25) is 11.8 Å². The Labute approximate surface area is 158 Å². The Kier molecular flexibility index (Phi) is 5.03. The number of hydrogen-bond donors (Lipinski definition) is 3. The molecule has 0 radical (unpaired) electrons. The number of carbonyl (C=O) groups excluding carboxylic acids is 2. The van der Waals surface area contributed by atoms with Crippen LogP contribution in [0.2, 0.25) is 0 Å². The number of benzene rings is 1. The van der Waals surface area contributed by atoms with Gasteiger partial charge >= 0.3 is 0 Å². The van der Waals surface area contributed by atoms with Crippen molar-refractivity contribution >= 4 is 17.5 Å². The fourth-order valence-electron chi connectivity index (χ4n) is 4.27. The highest BCUT2D eigenvalue weighted by atomic mass is 16.5. The fourth-order valence-corrected chi connectivity index (χ4v) is 4.27. The van der Waals surface area contributed by atoms with Crippen LogP contribution in [0.25, 0.3) is 0 Å². The maximum absolute atomic E-state index is 13.0. The summed E-state index contributed by atoms with van der Waals surface area (Å²) in [5, 5.41) is 16.3. The van der Waals surface area contributed by atoms with E-state index in [-0.39, 0.29) is 36.2 Å². The molecule has 2 fully saturated rings. The number of ether oxygens (including phenoxy) is 1. The standard InChI is InChI=1S/C19H26N4O4/c1-12-9-13-14(3-2-4-15(13)24)23(12)19(26)10-16-20-17(11-18(25)21-16)22-5-7-27-8-6-22/h2-4,12,16-17,20,24H,5-11H2,1H3,(H,21,25). The molecule has 146 valence electrons. The smallest absolute Gasteiger partial charge is 0.230 e. The predicted molar refractivity (Wildman–Crippen MR) is 99.2 cm³/mol. The summed E-state index contributed by atoms with van der Waals surface area (Å²) in [7, 11) is 0. The lowest BCUT2D eigenvalue weighted by Crippen LogP contribution is -2.64. The van der Waals surface area contributed by atoms with E-state index < -0.39 is 6.17 Å². The van der Waals surface area contributed by atoms with E-state index in [0.717, 1.165) is 24.3 Å². The number of aromatic hydroxyl groups is 1. The van der Waals surface area contributed by atoms with E-state index in [1.807, 2.05) is 13.0 Å². The van der Waals surface area contributed by atoms with Crippen LogP contribution in [-0.4, -0.2) is 66.5 Å². The second-order valence-electron chi connectivity index (χ2n) is 7.45. The Morgan fingerprint density at radius 3 is 2.85 bits per heavy atom. The Balaban J connectivity index is 1.45. The van der Waals surface area contributed by atoms with Gasteiger partial charge in [0.15, 0.2) is 0 Å². The Bertz CT molecular complexity index is 734. The number of carbonyl (C=O) groups is 2. The second kappa shape index (κ2) is 7.46. The number of nitrogens with zero attached hydrogens (tertiary/aromatic N) is 2. The normalized spacial score (nSPS) is 28.7. The molecule has 0 aromatic heterocycles. The molecule has 0 bridgehead atoms. The maximum atomic E-state index is 13.0. The van der Waals surface area contributed by atoms with Crippen molar-refractivity contribution in [2.45, 2.75) is 44.6 Å². The SMILES string of the molecule is CC1Cc2c(O)cccc2N1C(=O)CC1NC(=O)CC(N2CCOCC2)N1. The first-order chi connectivity index (χ1) is 13.0. The quantitative estimate of drug-likeness (QED) is 0.698. The maximum Gasteiger partial charge on any atom is 0.230 e. The van der Waals surface area contributed by atoms with Gasteiger partial charge in [0.1, 0.15) is 5.75 Å². The first-order valence-electron chi connectivity index (χ1n) is 9.53. The van der Waals surface area contributed by atoms with E-state index in [0.29, 0.717) is 26.1 Å². The molecule has 2 saturated heterocycles. The number of fused-ring (bicyclic) bond motifs is 1. The van der Waals surface area contributed by atoms with Crippen LogP contribution in [0.4, 0.5) is 5.69 Å². The monoisotopic (exact) mass is 374 g/mol. The van der Waals surface area contributed by atoms with Crippen LogP contribution in [-0.2, 0) is 20.7 Å². The zero-order chi connectivity index (χ0) is 19.0. The topological polar surface area (TPSA) is 94.1 Å². The summed E-state index contributed by atoms with van der Waals surface area (Å²) in [6, 6.07) is 5.24. The molecule has 0 saturated carbocycles. The molecule has 27 heavy (non-hydrogen) atoms. The van der Waals surface area contributed by atoms with Crippen molar-refractivity contribution in [3.05, 3.63) is 23.8 Å². The fraction of sp³-hybridized carbons (Fsp3) is 0.579. The highest BCUT2D eigenvalue weighted by Crippen LogP contribution is 2.37. The van der Waals surface area contributed by atoms with Crippen LogP contribution in [0.3, 0.4) is 0 Å². The summed E-state index contributed by atoms with van der Waals surface area (Å²) in [6.45, 7) is 4.85. The van der Waals surface area contributed by atoms with Gasteiger partial charge in [-0.1, -0.05) is 6.07 Å². The molecule has 3 aliphatic rings. The van der Waals surface area contributed by atoms with Crippen LogP contribution >= 0.6 is 0 Å². The van der Waals surface area contributed by atoms with E-state index >= 15 is 0 Å². The van der Waals surface area contributed by atoms with Crippen molar-refractivity contribution in [2.75, 3.05) is 31.2 Å². The molecule has 0 spiro atoms. The minimum atomic E-state index is -0.403. The Morgan fingerprint density at radius 2 is 2.07 bits per heavy atom. The van der Waals surface area contributed by atoms with E-state index in [1.165, 1.54) is 0 Å². The molecule has 3 aliphatic heterocycles. The highest BCUT2D eigenvalue weighted by molar-refractivity contribution is 5.97. The van der Waals surface area contributed by atoms with Gasteiger partial charge in [-0.2, -0.15) is 0 Å². The molecular formula is C19H26N4O4. The molecule has 8 heteroatoms. The van der Waals surface area contributed by atoms with Gasteiger partial charge in [-0.25, -0.2) is 0 Å². The molecule has 3 heterocycles. The predicted octanol–water partition coefficient (Wildman–Crippen LogP) is 0.154. The van der Waals surface area contributed by atoms with Gasteiger partial charge < -0.3 is 20.1 Å². The average molecular weight is 374 g/mol. The molecule has 3 unspecified atom stereocenters. The van der Waals surface area contributed by atoms with Crippen molar-refractivity contribution < 1.29 is 19.4 Å². The van der Waals surface area contributed by atoms with Crippen LogP contribution in [0.15, 0.2) is 18.2 Å². The van der Waals surface area contributed by atoms with Crippen LogP contribution in [0.1, 0.15) is 25.3 Å². The van der Waals surface area contributed by atoms with E-state index in [4.69, 9.17) is 4.74 Å². The van der Waals surface area contributed by atoms with Gasteiger partial charge in [-0.15, -0.1) is 0 Å². The molecule has 3 atom stereocenters. The van der Waals surface area contributed by atoms with Crippen LogP contribution < -0.4 is 15.5 Å². The van der Waals surface area contributed by atoms with Crippen molar-refractivity contribution in [1.82, 2.24) is 15.5 Å². The summed E-state index contributed by atoms with van der Waals surface area (Å²) in [5.41, 5.74) is 1.57. The lowest BCUT2D eigenvalue weighted by atomic mass is 10.1. The van der Waals surface area contributed by atoms with Crippen LogP contribution in [0.5, 0.6) is 5.75 Å². The zero-order valence-corrected chi connectivity index (χ0v) is 15.5. The number of morpholine rings is 1. The molecule has 3 N–H and O–H groups in total.